The molecule has 0 saturated heterocycles. The minimum Gasteiger partial charge on any atom is -0.454 e. The SMILES string of the molecule is COCCOCCOCC(=O)N(Cc1ccc2c(c1)OCO2)Cc1cc2ccccc2n1C. The lowest BCUT2D eigenvalue weighted by molar-refractivity contribution is -0.138. The molecule has 33 heavy (non-hydrogen) atoms. The van der Waals surface area contributed by atoms with Crippen molar-refractivity contribution in [2.45, 2.75) is 13.1 Å². The first-order valence-electron chi connectivity index (χ1n) is 11.0. The number of para-hydroxylation sites is 1. The highest BCUT2D eigenvalue weighted by Gasteiger charge is 2.20. The van der Waals surface area contributed by atoms with Gasteiger partial charge in [0.1, 0.15) is 6.61 Å². The highest BCUT2D eigenvalue weighted by Crippen LogP contribution is 2.33. The number of methoxy groups -OCH3 is 1. The quantitative estimate of drug-likeness (QED) is 0.392. The molecule has 1 aliphatic rings. The number of nitrogens with zero attached hydrogens (tertiary/aromatic N) is 2. The maximum absolute atomic E-state index is 13.1. The number of carbonyl (C=O) groups excluding carboxylic acids is 1. The fourth-order valence-electron chi connectivity index (χ4n) is 3.80. The number of carbonyl (C=O) groups is 1. The number of hydrogen-bond donors (Lipinski definition) is 0. The summed E-state index contributed by atoms with van der Waals surface area (Å²) in [6, 6.07) is 16.1. The molecular formula is C25H30N2O6. The van der Waals surface area contributed by atoms with Crippen LogP contribution in [0.3, 0.4) is 0 Å². The van der Waals surface area contributed by atoms with E-state index in [1.165, 1.54) is 0 Å². The third-order valence-electron chi connectivity index (χ3n) is 5.60. The zero-order valence-electron chi connectivity index (χ0n) is 19.1. The van der Waals surface area contributed by atoms with E-state index in [-0.39, 0.29) is 19.3 Å². The zero-order valence-corrected chi connectivity index (χ0v) is 19.1. The Bertz CT molecular complexity index is 1080. The van der Waals surface area contributed by atoms with Gasteiger partial charge < -0.3 is 33.2 Å². The van der Waals surface area contributed by atoms with Crippen LogP contribution in [0.15, 0.2) is 48.5 Å². The molecule has 0 saturated carbocycles. The maximum atomic E-state index is 13.1. The number of rotatable bonds is 12. The van der Waals surface area contributed by atoms with Crippen molar-refractivity contribution >= 4 is 16.8 Å². The summed E-state index contributed by atoms with van der Waals surface area (Å²) in [6.45, 7) is 2.92. The van der Waals surface area contributed by atoms with Crippen LogP contribution in [0, 0.1) is 0 Å². The molecule has 0 bridgehead atoms. The van der Waals surface area contributed by atoms with E-state index >= 15 is 0 Å². The summed E-state index contributed by atoms with van der Waals surface area (Å²) in [7, 11) is 3.65. The summed E-state index contributed by atoms with van der Waals surface area (Å²) >= 11 is 0. The van der Waals surface area contributed by atoms with Gasteiger partial charge in [-0.15, -0.1) is 0 Å². The normalized spacial score (nSPS) is 12.4. The molecule has 0 radical (unpaired) electrons. The van der Waals surface area contributed by atoms with E-state index in [0.29, 0.717) is 45.3 Å². The molecule has 0 aliphatic carbocycles. The van der Waals surface area contributed by atoms with Crippen molar-refractivity contribution in [3.8, 4) is 11.5 Å². The average molecular weight is 455 g/mol. The summed E-state index contributed by atoms with van der Waals surface area (Å²) in [5.74, 6) is 1.34. The molecular weight excluding hydrogens is 424 g/mol. The molecule has 176 valence electrons. The summed E-state index contributed by atoms with van der Waals surface area (Å²) in [6.07, 6.45) is 0. The van der Waals surface area contributed by atoms with Gasteiger partial charge in [0.25, 0.3) is 0 Å². The Hall–Kier alpha value is -3.07. The fraction of sp³-hybridized carbons (Fsp3) is 0.400. The molecule has 8 nitrogen and oxygen atoms in total. The Labute approximate surface area is 193 Å². The minimum absolute atomic E-state index is 0.0118. The lowest BCUT2D eigenvalue weighted by Crippen LogP contribution is -2.34. The van der Waals surface area contributed by atoms with Gasteiger partial charge in [-0.05, 0) is 35.2 Å². The molecule has 0 unspecified atom stereocenters. The van der Waals surface area contributed by atoms with E-state index in [1.807, 2.05) is 37.4 Å². The predicted octanol–water partition coefficient (Wildman–Crippen LogP) is 3.12. The van der Waals surface area contributed by atoms with Crippen LogP contribution in [0.5, 0.6) is 11.5 Å². The predicted molar refractivity (Wildman–Crippen MR) is 123 cm³/mol. The lowest BCUT2D eigenvalue weighted by atomic mass is 10.2. The fourth-order valence-corrected chi connectivity index (χ4v) is 3.80. The highest BCUT2D eigenvalue weighted by molar-refractivity contribution is 5.82. The van der Waals surface area contributed by atoms with Gasteiger partial charge in [-0.1, -0.05) is 24.3 Å². The number of hydrogen-bond acceptors (Lipinski definition) is 6. The molecule has 0 N–H and O–H groups in total. The summed E-state index contributed by atoms with van der Waals surface area (Å²) in [5, 5.41) is 1.15. The van der Waals surface area contributed by atoms with Crippen LogP contribution < -0.4 is 9.47 Å². The summed E-state index contributed by atoms with van der Waals surface area (Å²) in [5.41, 5.74) is 3.15. The van der Waals surface area contributed by atoms with Gasteiger partial charge in [0, 0.05) is 31.9 Å². The van der Waals surface area contributed by atoms with E-state index in [0.717, 1.165) is 27.9 Å². The van der Waals surface area contributed by atoms with Crippen LogP contribution in [0.2, 0.25) is 0 Å². The van der Waals surface area contributed by atoms with Crippen LogP contribution in [0.4, 0.5) is 0 Å². The number of benzene rings is 2. The van der Waals surface area contributed by atoms with E-state index < -0.39 is 0 Å². The van der Waals surface area contributed by atoms with Gasteiger partial charge in [-0.3, -0.25) is 4.79 Å². The Balaban J connectivity index is 1.44. The Morgan fingerprint density at radius 2 is 1.76 bits per heavy atom. The number of amides is 1. The summed E-state index contributed by atoms with van der Waals surface area (Å²) in [4.78, 5) is 14.9. The van der Waals surface area contributed by atoms with Crippen LogP contribution >= 0.6 is 0 Å². The Morgan fingerprint density at radius 1 is 0.970 bits per heavy atom. The number of fused-ring (bicyclic) bond motifs is 2. The lowest BCUT2D eigenvalue weighted by Gasteiger charge is -2.23. The molecule has 0 fully saturated rings. The third kappa shape index (κ3) is 5.84. The molecule has 1 aromatic heterocycles. The first-order valence-corrected chi connectivity index (χ1v) is 11.0. The van der Waals surface area contributed by atoms with Crippen molar-refractivity contribution in [2.75, 3.05) is 46.9 Å². The van der Waals surface area contributed by atoms with Gasteiger partial charge in [-0.2, -0.15) is 0 Å². The molecule has 3 aromatic rings. The minimum atomic E-state index is -0.0881. The van der Waals surface area contributed by atoms with Crippen molar-refractivity contribution in [1.82, 2.24) is 9.47 Å². The second kappa shape index (κ2) is 11.2. The Kier molecular flexibility index (Phi) is 7.83. The highest BCUT2D eigenvalue weighted by atomic mass is 16.7. The van der Waals surface area contributed by atoms with Crippen molar-refractivity contribution in [3.63, 3.8) is 0 Å². The second-order valence-corrected chi connectivity index (χ2v) is 7.85. The first-order chi connectivity index (χ1) is 16.2. The molecule has 1 aliphatic heterocycles. The van der Waals surface area contributed by atoms with Gasteiger partial charge >= 0.3 is 0 Å². The molecule has 0 spiro atoms. The number of ether oxygens (including phenoxy) is 5. The maximum Gasteiger partial charge on any atom is 0.249 e. The van der Waals surface area contributed by atoms with Gasteiger partial charge in [0.2, 0.25) is 12.7 Å². The number of aromatic nitrogens is 1. The molecule has 4 rings (SSSR count). The van der Waals surface area contributed by atoms with Crippen LogP contribution in [-0.2, 0) is 39.1 Å². The second-order valence-electron chi connectivity index (χ2n) is 7.85. The van der Waals surface area contributed by atoms with E-state index in [9.17, 15) is 4.79 Å². The van der Waals surface area contributed by atoms with Crippen molar-refractivity contribution in [3.05, 3.63) is 59.8 Å². The molecule has 0 atom stereocenters. The van der Waals surface area contributed by atoms with Crippen LogP contribution in [-0.4, -0.2) is 62.3 Å². The van der Waals surface area contributed by atoms with E-state index in [2.05, 4.69) is 22.8 Å². The summed E-state index contributed by atoms with van der Waals surface area (Å²) < 4.78 is 29.0. The smallest absolute Gasteiger partial charge is 0.249 e. The van der Waals surface area contributed by atoms with Crippen molar-refractivity contribution < 1.29 is 28.5 Å². The third-order valence-corrected chi connectivity index (χ3v) is 5.60. The van der Waals surface area contributed by atoms with E-state index in [4.69, 9.17) is 23.7 Å². The largest absolute Gasteiger partial charge is 0.454 e. The van der Waals surface area contributed by atoms with Gasteiger partial charge in [0.05, 0.1) is 33.0 Å². The van der Waals surface area contributed by atoms with Crippen LogP contribution in [0.1, 0.15) is 11.3 Å². The topological polar surface area (TPSA) is 71.4 Å². The molecule has 1 amide bonds. The monoisotopic (exact) mass is 454 g/mol. The Morgan fingerprint density at radius 3 is 2.61 bits per heavy atom. The standard InChI is InChI=1S/C25H30N2O6/c1-26-21(14-20-5-3-4-6-22(20)26)16-27(25(28)17-31-12-11-30-10-9-29-2)15-19-7-8-23-24(13-19)33-18-32-23/h3-8,13-14H,9-12,15-18H2,1-2H3. The number of aryl methyl sites for hydroxylation is 1. The first kappa shape index (κ1) is 23.1. The van der Waals surface area contributed by atoms with Crippen molar-refractivity contribution in [2.24, 2.45) is 7.05 Å². The molecule has 2 heterocycles. The molecule has 2 aromatic carbocycles. The van der Waals surface area contributed by atoms with E-state index in [1.54, 1.807) is 12.0 Å². The van der Waals surface area contributed by atoms with Gasteiger partial charge in [0.15, 0.2) is 11.5 Å². The van der Waals surface area contributed by atoms with Crippen LogP contribution in [0.25, 0.3) is 10.9 Å². The van der Waals surface area contributed by atoms with Gasteiger partial charge in [-0.25, -0.2) is 0 Å². The molecule has 8 heteroatoms. The van der Waals surface area contributed by atoms with Crippen molar-refractivity contribution in [1.29, 1.82) is 0 Å². The zero-order chi connectivity index (χ0) is 23.0. The average Bonchev–Trinajstić information content (AvgIpc) is 3.42.